The number of amides is 2. The van der Waals surface area contributed by atoms with E-state index in [4.69, 9.17) is 4.74 Å². The molecule has 1 aliphatic rings. The zero-order valence-electron chi connectivity index (χ0n) is 12.3. The fourth-order valence-corrected chi connectivity index (χ4v) is 2.24. The van der Waals surface area contributed by atoms with Crippen LogP contribution < -0.4 is 10.6 Å². The van der Waals surface area contributed by atoms with Gasteiger partial charge in [-0.05, 0) is 31.7 Å². The Labute approximate surface area is 125 Å². The Morgan fingerprint density at radius 2 is 2.14 bits per heavy atom. The van der Waals surface area contributed by atoms with E-state index in [0.29, 0.717) is 19.6 Å². The molecule has 2 atom stereocenters. The third-order valence-electron chi connectivity index (χ3n) is 3.56. The second-order valence-corrected chi connectivity index (χ2v) is 5.29. The van der Waals surface area contributed by atoms with E-state index in [9.17, 15) is 9.59 Å². The molecule has 2 rings (SSSR count). The van der Waals surface area contributed by atoms with Gasteiger partial charge in [0.2, 0.25) is 11.8 Å². The zero-order valence-corrected chi connectivity index (χ0v) is 12.3. The lowest BCUT2D eigenvalue weighted by atomic mass is 10.1. The number of rotatable bonds is 5. The van der Waals surface area contributed by atoms with Crippen molar-refractivity contribution in [3.05, 3.63) is 35.9 Å². The summed E-state index contributed by atoms with van der Waals surface area (Å²) in [4.78, 5) is 23.9. The van der Waals surface area contributed by atoms with Crippen LogP contribution in [0.2, 0.25) is 0 Å². The molecule has 0 unspecified atom stereocenters. The minimum Gasteiger partial charge on any atom is -0.364 e. The minimum atomic E-state index is -0.582. The summed E-state index contributed by atoms with van der Waals surface area (Å²) >= 11 is 0. The van der Waals surface area contributed by atoms with Crippen LogP contribution in [-0.2, 0) is 20.9 Å². The number of carbonyl (C=O) groups excluding carboxylic acids is 2. The SMILES string of the molecule is C[C@H](OCc1ccccc1)C(=O)N[C@H]1CCCCNC1=O. The number of nitrogens with one attached hydrogen (secondary N) is 2. The first kappa shape index (κ1) is 15.5. The average Bonchev–Trinajstić information content (AvgIpc) is 2.71. The molecule has 0 bridgehead atoms. The molecule has 0 saturated carbocycles. The first-order valence-electron chi connectivity index (χ1n) is 7.40. The highest BCUT2D eigenvalue weighted by atomic mass is 16.5. The van der Waals surface area contributed by atoms with E-state index in [1.54, 1.807) is 6.92 Å². The van der Waals surface area contributed by atoms with Crippen molar-refractivity contribution in [3.8, 4) is 0 Å². The van der Waals surface area contributed by atoms with Gasteiger partial charge in [-0.2, -0.15) is 0 Å². The zero-order chi connectivity index (χ0) is 15.1. The Hall–Kier alpha value is -1.88. The molecule has 5 nitrogen and oxygen atoms in total. The summed E-state index contributed by atoms with van der Waals surface area (Å²) in [7, 11) is 0. The topological polar surface area (TPSA) is 67.4 Å². The lowest BCUT2D eigenvalue weighted by molar-refractivity contribution is -0.136. The summed E-state index contributed by atoms with van der Waals surface area (Å²) in [6, 6.07) is 9.25. The van der Waals surface area contributed by atoms with Crippen LogP contribution in [0.5, 0.6) is 0 Å². The molecule has 21 heavy (non-hydrogen) atoms. The maximum Gasteiger partial charge on any atom is 0.249 e. The van der Waals surface area contributed by atoms with Gasteiger partial charge >= 0.3 is 0 Å². The van der Waals surface area contributed by atoms with Crippen LogP contribution in [0, 0.1) is 0 Å². The molecule has 0 aromatic heterocycles. The Morgan fingerprint density at radius 1 is 1.38 bits per heavy atom. The van der Waals surface area contributed by atoms with Crippen molar-refractivity contribution in [1.29, 1.82) is 0 Å². The maximum absolute atomic E-state index is 12.1. The standard InChI is InChI=1S/C16H22N2O3/c1-12(21-11-13-7-3-2-4-8-13)15(19)18-14-9-5-6-10-17-16(14)20/h2-4,7-8,12,14H,5-6,9-11H2,1H3,(H,17,20)(H,18,19)/t12-,14-/m0/s1. The molecule has 1 fully saturated rings. The highest BCUT2D eigenvalue weighted by Gasteiger charge is 2.24. The third-order valence-corrected chi connectivity index (χ3v) is 3.56. The monoisotopic (exact) mass is 290 g/mol. The van der Waals surface area contributed by atoms with Gasteiger partial charge in [-0.15, -0.1) is 0 Å². The molecule has 1 aromatic rings. The molecule has 5 heteroatoms. The Bertz CT molecular complexity index is 476. The molecule has 2 amide bonds. The van der Waals surface area contributed by atoms with Crippen molar-refractivity contribution in [2.24, 2.45) is 0 Å². The van der Waals surface area contributed by atoms with Crippen LogP contribution in [0.4, 0.5) is 0 Å². The second kappa shape index (κ2) is 7.78. The molecule has 0 radical (unpaired) electrons. The smallest absolute Gasteiger partial charge is 0.249 e. The fourth-order valence-electron chi connectivity index (χ4n) is 2.24. The van der Waals surface area contributed by atoms with Crippen LogP contribution in [0.3, 0.4) is 0 Å². The van der Waals surface area contributed by atoms with Gasteiger partial charge in [0, 0.05) is 6.54 Å². The number of carbonyl (C=O) groups is 2. The highest BCUT2D eigenvalue weighted by molar-refractivity contribution is 5.89. The van der Waals surface area contributed by atoms with Gasteiger partial charge < -0.3 is 15.4 Å². The number of hydrogen-bond donors (Lipinski definition) is 2. The maximum atomic E-state index is 12.1. The first-order chi connectivity index (χ1) is 10.2. The molecular weight excluding hydrogens is 268 g/mol. The van der Waals surface area contributed by atoms with Crippen LogP contribution in [0.1, 0.15) is 31.7 Å². The van der Waals surface area contributed by atoms with Gasteiger partial charge in [-0.3, -0.25) is 9.59 Å². The quantitative estimate of drug-likeness (QED) is 0.861. The van der Waals surface area contributed by atoms with Crippen LogP contribution in [-0.4, -0.2) is 30.5 Å². The van der Waals surface area contributed by atoms with Crippen molar-refractivity contribution in [2.75, 3.05) is 6.54 Å². The van der Waals surface area contributed by atoms with E-state index in [1.807, 2.05) is 30.3 Å². The largest absolute Gasteiger partial charge is 0.364 e. The van der Waals surface area contributed by atoms with Gasteiger partial charge in [-0.1, -0.05) is 30.3 Å². The Morgan fingerprint density at radius 3 is 2.90 bits per heavy atom. The molecule has 114 valence electrons. The van der Waals surface area contributed by atoms with E-state index >= 15 is 0 Å². The second-order valence-electron chi connectivity index (χ2n) is 5.29. The number of ether oxygens (including phenoxy) is 1. The molecule has 0 spiro atoms. The summed E-state index contributed by atoms with van der Waals surface area (Å²) in [5.74, 6) is -0.343. The summed E-state index contributed by atoms with van der Waals surface area (Å²) in [5.41, 5.74) is 1.02. The number of benzene rings is 1. The molecule has 1 heterocycles. The first-order valence-corrected chi connectivity index (χ1v) is 7.40. The van der Waals surface area contributed by atoms with Gasteiger partial charge in [0.15, 0.2) is 0 Å². The summed E-state index contributed by atoms with van der Waals surface area (Å²) in [5, 5.41) is 5.57. The predicted octanol–water partition coefficient (Wildman–Crippen LogP) is 1.38. The van der Waals surface area contributed by atoms with E-state index in [2.05, 4.69) is 10.6 Å². The fraction of sp³-hybridized carbons (Fsp3) is 0.500. The van der Waals surface area contributed by atoms with E-state index in [1.165, 1.54) is 0 Å². The van der Waals surface area contributed by atoms with E-state index in [0.717, 1.165) is 18.4 Å². The highest BCUT2D eigenvalue weighted by Crippen LogP contribution is 2.07. The van der Waals surface area contributed by atoms with Gasteiger partial charge in [0.1, 0.15) is 12.1 Å². The Balaban J connectivity index is 1.80. The summed E-state index contributed by atoms with van der Waals surface area (Å²) in [6.07, 6.45) is 1.99. The molecule has 0 aliphatic carbocycles. The van der Waals surface area contributed by atoms with Crippen molar-refractivity contribution in [1.82, 2.24) is 10.6 Å². The molecule has 2 N–H and O–H groups in total. The van der Waals surface area contributed by atoms with Crippen molar-refractivity contribution in [2.45, 2.75) is 44.9 Å². The molecule has 1 aromatic carbocycles. The Kier molecular flexibility index (Phi) is 5.75. The molecule has 1 saturated heterocycles. The number of hydrogen-bond acceptors (Lipinski definition) is 3. The predicted molar refractivity (Wildman–Crippen MR) is 79.5 cm³/mol. The van der Waals surface area contributed by atoms with E-state index < -0.39 is 12.1 Å². The lowest BCUT2D eigenvalue weighted by Gasteiger charge is -2.18. The van der Waals surface area contributed by atoms with Crippen LogP contribution in [0.15, 0.2) is 30.3 Å². The minimum absolute atomic E-state index is 0.101. The molecular formula is C16H22N2O3. The van der Waals surface area contributed by atoms with Crippen LogP contribution >= 0.6 is 0 Å². The van der Waals surface area contributed by atoms with Crippen molar-refractivity contribution >= 4 is 11.8 Å². The molecule has 1 aliphatic heterocycles. The van der Waals surface area contributed by atoms with Crippen molar-refractivity contribution in [3.63, 3.8) is 0 Å². The van der Waals surface area contributed by atoms with E-state index in [-0.39, 0.29) is 11.8 Å². The average molecular weight is 290 g/mol. The van der Waals surface area contributed by atoms with Gasteiger partial charge in [0.05, 0.1) is 6.61 Å². The summed E-state index contributed by atoms with van der Waals surface area (Å²) in [6.45, 7) is 2.77. The van der Waals surface area contributed by atoms with Gasteiger partial charge in [-0.25, -0.2) is 0 Å². The van der Waals surface area contributed by atoms with Crippen LogP contribution in [0.25, 0.3) is 0 Å². The van der Waals surface area contributed by atoms with Crippen molar-refractivity contribution < 1.29 is 14.3 Å². The normalized spacial score (nSPS) is 20.2. The summed E-state index contributed by atoms with van der Waals surface area (Å²) < 4.78 is 5.55. The third kappa shape index (κ3) is 4.86. The van der Waals surface area contributed by atoms with Gasteiger partial charge in [0.25, 0.3) is 0 Å². The lowest BCUT2D eigenvalue weighted by Crippen LogP contribution is -2.48.